The van der Waals surface area contributed by atoms with E-state index in [-0.39, 0.29) is 18.7 Å². The average molecular weight is 370 g/mol. The second-order valence-corrected chi connectivity index (χ2v) is 6.72. The number of benzene rings is 1. The van der Waals surface area contributed by atoms with Crippen molar-refractivity contribution in [3.05, 3.63) is 58.9 Å². The summed E-state index contributed by atoms with van der Waals surface area (Å²) in [4.78, 5) is 14.5. The fourth-order valence-electron chi connectivity index (χ4n) is 3.18. The molecule has 6 nitrogen and oxygen atoms in total. The first-order valence-electron chi connectivity index (χ1n) is 9.32. The Kier molecular flexibility index (Phi) is 7.61. The minimum Gasteiger partial charge on any atom is -0.396 e. The molecule has 2 aromatic rings. The van der Waals surface area contributed by atoms with E-state index in [0.29, 0.717) is 19.5 Å². The van der Waals surface area contributed by atoms with Crippen LogP contribution in [0.3, 0.4) is 0 Å². The first-order chi connectivity index (χ1) is 12.9. The molecule has 0 aliphatic carbocycles. The molecule has 1 aromatic carbocycles. The fourth-order valence-corrected chi connectivity index (χ4v) is 3.18. The van der Waals surface area contributed by atoms with Gasteiger partial charge in [-0.25, -0.2) is 4.79 Å². The van der Waals surface area contributed by atoms with E-state index in [1.807, 2.05) is 75.0 Å². The second-order valence-electron chi connectivity index (χ2n) is 6.72. The van der Waals surface area contributed by atoms with Crippen LogP contribution in [0.4, 0.5) is 4.79 Å². The Hall–Kier alpha value is -2.60. The number of hydrogen-bond donors (Lipinski definition) is 2. The number of rotatable bonds is 8. The van der Waals surface area contributed by atoms with Gasteiger partial charge in [-0.3, -0.25) is 4.68 Å². The minimum absolute atomic E-state index is 0.0581. The monoisotopic (exact) mass is 370 g/mol. The largest absolute Gasteiger partial charge is 0.396 e. The van der Waals surface area contributed by atoms with Gasteiger partial charge in [-0.2, -0.15) is 5.10 Å². The number of amides is 2. The van der Waals surface area contributed by atoms with Crippen molar-refractivity contribution in [2.45, 2.75) is 33.2 Å². The third-order valence-electron chi connectivity index (χ3n) is 4.65. The molecule has 0 spiro atoms. The summed E-state index contributed by atoms with van der Waals surface area (Å²) in [6.45, 7) is 6.97. The van der Waals surface area contributed by atoms with Crippen LogP contribution in [0.1, 0.15) is 41.9 Å². The topological polar surface area (TPSA) is 70.4 Å². The molecule has 1 unspecified atom stereocenters. The molecule has 27 heavy (non-hydrogen) atoms. The highest BCUT2D eigenvalue weighted by atomic mass is 16.3. The van der Waals surface area contributed by atoms with Crippen molar-refractivity contribution in [1.82, 2.24) is 20.0 Å². The maximum atomic E-state index is 12.8. The minimum atomic E-state index is -0.142. The molecular weight excluding hydrogens is 340 g/mol. The lowest BCUT2D eigenvalue weighted by atomic mass is 10.1. The third-order valence-corrected chi connectivity index (χ3v) is 4.65. The standard InChI is InChI=1S/C21H30N4O2/c1-16(20-17(2)23-24(4)18(20)3)22-21(27)25(14-9-15-26)13-8-12-19-10-6-5-7-11-19/h5-8,10-12,16,26H,9,13-15H2,1-4H3,(H,22,27). The molecule has 2 rings (SSSR count). The average Bonchev–Trinajstić information content (AvgIpc) is 2.90. The summed E-state index contributed by atoms with van der Waals surface area (Å²) in [6, 6.07) is 9.70. The number of nitrogens with one attached hydrogen (secondary N) is 1. The first-order valence-corrected chi connectivity index (χ1v) is 9.32. The molecule has 0 saturated heterocycles. The SMILES string of the molecule is Cc1nn(C)c(C)c1C(C)NC(=O)N(CC=Cc1ccccc1)CCCO. The second kappa shape index (κ2) is 9.92. The van der Waals surface area contributed by atoms with Crippen LogP contribution in [-0.2, 0) is 7.05 Å². The fraction of sp³-hybridized carbons (Fsp3) is 0.429. The molecule has 1 atom stereocenters. The van der Waals surface area contributed by atoms with Gasteiger partial charge in [-0.15, -0.1) is 0 Å². The highest BCUT2D eigenvalue weighted by Crippen LogP contribution is 2.20. The molecule has 1 aromatic heterocycles. The van der Waals surface area contributed by atoms with E-state index in [0.717, 1.165) is 22.5 Å². The summed E-state index contributed by atoms with van der Waals surface area (Å²) in [7, 11) is 1.91. The number of carbonyl (C=O) groups excluding carboxylic acids is 1. The molecule has 146 valence electrons. The number of aryl methyl sites for hydroxylation is 2. The summed E-state index contributed by atoms with van der Waals surface area (Å²) < 4.78 is 1.83. The van der Waals surface area contributed by atoms with Gasteiger partial charge in [-0.1, -0.05) is 42.5 Å². The van der Waals surface area contributed by atoms with Crippen molar-refractivity contribution in [2.24, 2.45) is 7.05 Å². The van der Waals surface area contributed by atoms with E-state index in [2.05, 4.69) is 10.4 Å². The van der Waals surface area contributed by atoms with E-state index in [1.165, 1.54) is 0 Å². The van der Waals surface area contributed by atoms with Crippen LogP contribution >= 0.6 is 0 Å². The molecule has 1 heterocycles. The number of aliphatic hydroxyl groups excluding tert-OH is 1. The van der Waals surface area contributed by atoms with Crippen molar-refractivity contribution in [3.63, 3.8) is 0 Å². The van der Waals surface area contributed by atoms with E-state index < -0.39 is 0 Å². The summed E-state index contributed by atoms with van der Waals surface area (Å²) >= 11 is 0. The van der Waals surface area contributed by atoms with Gasteiger partial charge in [0.2, 0.25) is 0 Å². The van der Waals surface area contributed by atoms with Crippen LogP contribution in [0, 0.1) is 13.8 Å². The molecule has 0 aliphatic rings. The van der Waals surface area contributed by atoms with Crippen molar-refractivity contribution in [2.75, 3.05) is 19.7 Å². The number of aliphatic hydroxyl groups is 1. The highest BCUT2D eigenvalue weighted by molar-refractivity contribution is 5.75. The Morgan fingerprint density at radius 1 is 1.33 bits per heavy atom. The maximum absolute atomic E-state index is 12.8. The molecule has 0 saturated carbocycles. The summed E-state index contributed by atoms with van der Waals surface area (Å²) in [5, 5.41) is 16.6. The van der Waals surface area contributed by atoms with Gasteiger partial charge in [0.1, 0.15) is 0 Å². The lowest BCUT2D eigenvalue weighted by Crippen LogP contribution is -2.42. The lowest BCUT2D eigenvalue weighted by molar-refractivity contribution is 0.192. The molecule has 0 aliphatic heterocycles. The van der Waals surface area contributed by atoms with E-state index in [9.17, 15) is 4.79 Å². The quantitative estimate of drug-likeness (QED) is 0.750. The Bertz CT molecular complexity index is 768. The lowest BCUT2D eigenvalue weighted by Gasteiger charge is -2.24. The molecule has 0 fully saturated rings. The predicted molar refractivity (Wildman–Crippen MR) is 108 cm³/mol. The van der Waals surface area contributed by atoms with Gasteiger partial charge in [0.05, 0.1) is 11.7 Å². The Morgan fingerprint density at radius 3 is 2.63 bits per heavy atom. The van der Waals surface area contributed by atoms with Gasteiger partial charge in [0, 0.05) is 38.0 Å². The zero-order valence-corrected chi connectivity index (χ0v) is 16.6. The maximum Gasteiger partial charge on any atom is 0.318 e. The van der Waals surface area contributed by atoms with Gasteiger partial charge in [-0.05, 0) is 32.8 Å². The van der Waals surface area contributed by atoms with Crippen LogP contribution in [0.25, 0.3) is 6.08 Å². The number of hydrogen-bond acceptors (Lipinski definition) is 3. The van der Waals surface area contributed by atoms with Gasteiger partial charge in [0.25, 0.3) is 0 Å². The predicted octanol–water partition coefficient (Wildman–Crippen LogP) is 3.21. The smallest absolute Gasteiger partial charge is 0.318 e. The van der Waals surface area contributed by atoms with Gasteiger partial charge < -0.3 is 15.3 Å². The van der Waals surface area contributed by atoms with Crippen molar-refractivity contribution < 1.29 is 9.90 Å². The first kappa shape index (κ1) is 20.7. The zero-order chi connectivity index (χ0) is 19.8. The normalized spacial score (nSPS) is 12.3. The number of urea groups is 1. The van der Waals surface area contributed by atoms with Crippen molar-refractivity contribution >= 4 is 12.1 Å². The summed E-state index contributed by atoms with van der Waals surface area (Å²) in [5.74, 6) is 0. The van der Waals surface area contributed by atoms with E-state index in [1.54, 1.807) is 4.90 Å². The number of aromatic nitrogens is 2. The van der Waals surface area contributed by atoms with Gasteiger partial charge >= 0.3 is 6.03 Å². The van der Waals surface area contributed by atoms with Crippen LogP contribution in [0.5, 0.6) is 0 Å². The molecule has 0 bridgehead atoms. The molecule has 0 radical (unpaired) electrons. The Balaban J connectivity index is 2.03. The highest BCUT2D eigenvalue weighted by Gasteiger charge is 2.20. The summed E-state index contributed by atoms with van der Waals surface area (Å²) in [5.41, 5.74) is 4.11. The van der Waals surface area contributed by atoms with E-state index >= 15 is 0 Å². The van der Waals surface area contributed by atoms with Crippen LogP contribution in [-0.4, -0.2) is 45.5 Å². The molecule has 2 amide bonds. The van der Waals surface area contributed by atoms with Crippen LogP contribution in [0.2, 0.25) is 0 Å². The number of nitrogens with zero attached hydrogens (tertiary/aromatic N) is 3. The number of carbonyl (C=O) groups is 1. The summed E-state index contributed by atoms with van der Waals surface area (Å²) in [6.07, 6.45) is 4.52. The van der Waals surface area contributed by atoms with Crippen molar-refractivity contribution in [3.8, 4) is 0 Å². The van der Waals surface area contributed by atoms with E-state index in [4.69, 9.17) is 5.11 Å². The Labute approximate surface area is 161 Å². The Morgan fingerprint density at radius 2 is 2.04 bits per heavy atom. The van der Waals surface area contributed by atoms with Crippen LogP contribution in [0.15, 0.2) is 36.4 Å². The molecular formula is C21H30N4O2. The van der Waals surface area contributed by atoms with Gasteiger partial charge in [0.15, 0.2) is 0 Å². The molecule has 2 N–H and O–H groups in total. The van der Waals surface area contributed by atoms with Crippen molar-refractivity contribution in [1.29, 1.82) is 0 Å². The zero-order valence-electron chi connectivity index (χ0n) is 16.6. The third kappa shape index (κ3) is 5.69. The van der Waals surface area contributed by atoms with Crippen LogP contribution < -0.4 is 5.32 Å². The molecule has 6 heteroatoms.